The van der Waals surface area contributed by atoms with Gasteiger partial charge in [0, 0.05) is 29.6 Å². The van der Waals surface area contributed by atoms with Crippen LogP contribution in [-0.4, -0.2) is 40.1 Å². The molecule has 3 nitrogen and oxygen atoms in total. The molecule has 1 aromatic rings. The molecule has 0 bridgehead atoms. The van der Waals surface area contributed by atoms with E-state index in [0.717, 1.165) is 17.9 Å². The predicted octanol–water partition coefficient (Wildman–Crippen LogP) is 2.34. The average molecular weight is 272 g/mol. The summed E-state index contributed by atoms with van der Waals surface area (Å²) in [5.74, 6) is 0.887. The van der Waals surface area contributed by atoms with Gasteiger partial charge in [0.05, 0.1) is 0 Å². The molecular formula is C12H14ClNO2S. The normalized spacial score (nSPS) is 21.4. The first-order chi connectivity index (χ1) is 8.18. The number of thioether (sulfide) groups is 1. The lowest BCUT2D eigenvalue weighted by Crippen LogP contribution is -2.46. The zero-order chi connectivity index (χ0) is 12.3. The van der Waals surface area contributed by atoms with Gasteiger partial charge in [-0.15, -0.1) is 0 Å². The molecule has 2 rings (SSSR count). The molecule has 0 radical (unpaired) electrons. The zero-order valence-electron chi connectivity index (χ0n) is 9.30. The quantitative estimate of drug-likeness (QED) is 0.916. The van der Waals surface area contributed by atoms with Gasteiger partial charge in [-0.05, 0) is 11.6 Å². The van der Waals surface area contributed by atoms with Gasteiger partial charge in [0.1, 0.15) is 6.04 Å². The Hall–Kier alpha value is -0.710. The third-order valence-corrected chi connectivity index (χ3v) is 4.25. The van der Waals surface area contributed by atoms with E-state index in [1.165, 1.54) is 0 Å². The topological polar surface area (TPSA) is 40.5 Å². The number of hydrogen-bond acceptors (Lipinski definition) is 3. The molecule has 1 heterocycles. The molecule has 1 aromatic carbocycles. The van der Waals surface area contributed by atoms with Crippen LogP contribution in [0.1, 0.15) is 5.56 Å². The third-order valence-electron chi connectivity index (χ3n) is 2.86. The number of carboxylic acids is 1. The van der Waals surface area contributed by atoms with E-state index in [4.69, 9.17) is 16.7 Å². The molecule has 0 aromatic heterocycles. The van der Waals surface area contributed by atoms with Gasteiger partial charge >= 0.3 is 5.97 Å². The number of aliphatic carboxylic acids is 1. The van der Waals surface area contributed by atoms with E-state index >= 15 is 0 Å². The van der Waals surface area contributed by atoms with Crippen LogP contribution < -0.4 is 0 Å². The van der Waals surface area contributed by atoms with Crippen LogP contribution in [-0.2, 0) is 11.3 Å². The van der Waals surface area contributed by atoms with Crippen molar-refractivity contribution in [1.82, 2.24) is 4.90 Å². The van der Waals surface area contributed by atoms with Gasteiger partial charge in [0.15, 0.2) is 0 Å². The fourth-order valence-corrected chi connectivity index (χ4v) is 3.20. The van der Waals surface area contributed by atoms with Gasteiger partial charge < -0.3 is 5.11 Å². The summed E-state index contributed by atoms with van der Waals surface area (Å²) >= 11 is 7.79. The van der Waals surface area contributed by atoms with E-state index in [1.807, 2.05) is 29.2 Å². The van der Waals surface area contributed by atoms with Crippen LogP contribution in [0.4, 0.5) is 0 Å². The Balaban J connectivity index is 2.11. The van der Waals surface area contributed by atoms with E-state index < -0.39 is 12.0 Å². The molecular weight excluding hydrogens is 258 g/mol. The number of benzene rings is 1. The van der Waals surface area contributed by atoms with Crippen molar-refractivity contribution >= 4 is 29.3 Å². The minimum atomic E-state index is -0.746. The summed E-state index contributed by atoms with van der Waals surface area (Å²) in [5.41, 5.74) is 0.993. The van der Waals surface area contributed by atoms with Crippen LogP contribution in [0, 0.1) is 0 Å². The van der Waals surface area contributed by atoms with E-state index in [1.54, 1.807) is 11.8 Å². The van der Waals surface area contributed by atoms with Crippen molar-refractivity contribution in [3.8, 4) is 0 Å². The second-order valence-corrected chi connectivity index (χ2v) is 5.55. The van der Waals surface area contributed by atoms with E-state index in [9.17, 15) is 4.79 Å². The number of hydrogen-bond donors (Lipinski definition) is 1. The Morgan fingerprint density at radius 3 is 3.00 bits per heavy atom. The highest BCUT2D eigenvalue weighted by atomic mass is 35.5. The number of halogens is 1. The smallest absolute Gasteiger partial charge is 0.321 e. The SMILES string of the molecule is O=C(O)C1CSCCN1Cc1ccccc1Cl. The van der Waals surface area contributed by atoms with Crippen LogP contribution in [0.2, 0.25) is 5.02 Å². The second-order valence-electron chi connectivity index (χ2n) is 3.99. The molecule has 1 aliphatic rings. The van der Waals surface area contributed by atoms with Gasteiger partial charge in [-0.3, -0.25) is 9.69 Å². The van der Waals surface area contributed by atoms with Gasteiger partial charge in [-0.25, -0.2) is 0 Å². The first kappa shape index (κ1) is 12.7. The van der Waals surface area contributed by atoms with Crippen LogP contribution in [0.5, 0.6) is 0 Å². The first-order valence-electron chi connectivity index (χ1n) is 5.46. The van der Waals surface area contributed by atoms with Crippen molar-refractivity contribution in [2.24, 2.45) is 0 Å². The van der Waals surface area contributed by atoms with Gasteiger partial charge in [-0.1, -0.05) is 29.8 Å². The monoisotopic (exact) mass is 271 g/mol. The van der Waals surface area contributed by atoms with Crippen LogP contribution >= 0.6 is 23.4 Å². The lowest BCUT2D eigenvalue weighted by molar-refractivity contribution is -0.142. The molecule has 1 aliphatic heterocycles. The van der Waals surface area contributed by atoms with Crippen molar-refractivity contribution in [3.63, 3.8) is 0 Å². The predicted molar refractivity (Wildman–Crippen MR) is 70.6 cm³/mol. The first-order valence-corrected chi connectivity index (χ1v) is 7.00. The maximum atomic E-state index is 11.2. The molecule has 1 atom stereocenters. The summed E-state index contributed by atoms with van der Waals surface area (Å²) in [5, 5.41) is 9.87. The number of rotatable bonds is 3. The van der Waals surface area contributed by atoms with Gasteiger partial charge in [-0.2, -0.15) is 11.8 Å². The summed E-state index contributed by atoms with van der Waals surface area (Å²) in [7, 11) is 0. The molecule has 17 heavy (non-hydrogen) atoms. The number of carbonyl (C=O) groups is 1. The lowest BCUT2D eigenvalue weighted by atomic mass is 10.1. The minimum Gasteiger partial charge on any atom is -0.480 e. The largest absolute Gasteiger partial charge is 0.480 e. The Morgan fingerprint density at radius 1 is 1.53 bits per heavy atom. The summed E-state index contributed by atoms with van der Waals surface area (Å²) in [4.78, 5) is 13.1. The molecule has 0 spiro atoms. The van der Waals surface area contributed by atoms with Gasteiger partial charge in [0.25, 0.3) is 0 Å². The molecule has 5 heteroatoms. The highest BCUT2D eigenvalue weighted by Gasteiger charge is 2.28. The van der Waals surface area contributed by atoms with Crippen molar-refractivity contribution in [3.05, 3.63) is 34.9 Å². The van der Waals surface area contributed by atoms with Crippen molar-refractivity contribution in [2.75, 3.05) is 18.1 Å². The van der Waals surface area contributed by atoms with Gasteiger partial charge in [0.2, 0.25) is 0 Å². The van der Waals surface area contributed by atoms with E-state index in [2.05, 4.69) is 0 Å². The van der Waals surface area contributed by atoms with Crippen LogP contribution in [0.3, 0.4) is 0 Å². The molecule has 1 N–H and O–H groups in total. The molecule has 1 fully saturated rings. The van der Waals surface area contributed by atoms with Crippen molar-refractivity contribution in [2.45, 2.75) is 12.6 Å². The maximum absolute atomic E-state index is 11.2. The molecule has 0 amide bonds. The lowest BCUT2D eigenvalue weighted by Gasteiger charge is -2.32. The number of carboxylic acid groups (broad SMARTS) is 1. The van der Waals surface area contributed by atoms with E-state index in [0.29, 0.717) is 17.3 Å². The van der Waals surface area contributed by atoms with Crippen LogP contribution in [0.15, 0.2) is 24.3 Å². The third kappa shape index (κ3) is 3.15. The minimum absolute atomic E-state index is 0.398. The molecule has 0 aliphatic carbocycles. The Morgan fingerprint density at radius 2 is 2.29 bits per heavy atom. The van der Waals surface area contributed by atoms with Crippen molar-refractivity contribution in [1.29, 1.82) is 0 Å². The zero-order valence-corrected chi connectivity index (χ0v) is 10.9. The molecule has 92 valence electrons. The highest BCUT2D eigenvalue weighted by molar-refractivity contribution is 7.99. The second kappa shape index (κ2) is 5.76. The number of nitrogens with zero attached hydrogens (tertiary/aromatic N) is 1. The molecule has 1 unspecified atom stereocenters. The summed E-state index contributed by atoms with van der Waals surface area (Å²) in [6.45, 7) is 1.41. The summed E-state index contributed by atoms with van der Waals surface area (Å²) < 4.78 is 0. The standard InChI is InChI=1S/C12H14ClNO2S/c13-10-4-2-1-3-9(10)7-14-5-6-17-8-11(14)12(15)16/h1-4,11H,5-8H2,(H,15,16). The van der Waals surface area contributed by atoms with E-state index in [-0.39, 0.29) is 0 Å². The van der Waals surface area contributed by atoms with Crippen molar-refractivity contribution < 1.29 is 9.90 Å². The fraction of sp³-hybridized carbons (Fsp3) is 0.417. The average Bonchev–Trinajstić information content (AvgIpc) is 2.32. The Bertz CT molecular complexity index is 413. The highest BCUT2D eigenvalue weighted by Crippen LogP contribution is 2.22. The summed E-state index contributed by atoms with van der Waals surface area (Å²) in [6, 6.07) is 7.20. The molecule has 0 saturated carbocycles. The molecule has 1 saturated heterocycles. The fourth-order valence-electron chi connectivity index (χ4n) is 1.90. The maximum Gasteiger partial charge on any atom is 0.321 e. The summed E-state index contributed by atoms with van der Waals surface area (Å²) in [6.07, 6.45) is 0. The Kier molecular flexibility index (Phi) is 4.31. The Labute approximate surface area is 110 Å². The van der Waals surface area contributed by atoms with Crippen LogP contribution in [0.25, 0.3) is 0 Å².